The second kappa shape index (κ2) is 6.67. The van der Waals surface area contributed by atoms with Crippen LogP contribution in [0.15, 0.2) is 41.1 Å². The molecule has 7 heteroatoms. The first kappa shape index (κ1) is 19.1. The van der Waals surface area contributed by atoms with Crippen molar-refractivity contribution >= 4 is 11.3 Å². The molecule has 2 N–H and O–H groups in total. The number of rotatable bonds is 5. The molecule has 148 valence electrons. The van der Waals surface area contributed by atoms with Gasteiger partial charge in [0.25, 0.3) is 0 Å². The van der Waals surface area contributed by atoms with E-state index in [2.05, 4.69) is 4.98 Å². The van der Waals surface area contributed by atoms with Gasteiger partial charge in [-0.3, -0.25) is 0 Å². The summed E-state index contributed by atoms with van der Waals surface area (Å²) in [6.07, 6.45) is -6.65. The van der Waals surface area contributed by atoms with Crippen LogP contribution >= 0.6 is 11.3 Å². The number of H-pyrrole nitrogens is 1. The van der Waals surface area contributed by atoms with E-state index in [-0.39, 0.29) is 0 Å². The second-order valence-corrected chi connectivity index (χ2v) is 8.16. The van der Waals surface area contributed by atoms with Crippen molar-refractivity contribution in [2.75, 3.05) is 0 Å². The van der Waals surface area contributed by atoms with Gasteiger partial charge in [-0.25, -0.2) is 0 Å². The normalized spacial score (nSPS) is 18.1. The van der Waals surface area contributed by atoms with Gasteiger partial charge in [-0.15, -0.1) is 0 Å². The molecule has 2 unspecified atom stereocenters. The molecule has 1 aliphatic rings. The highest BCUT2D eigenvalue weighted by atomic mass is 32.1. The van der Waals surface area contributed by atoms with Crippen LogP contribution in [0.5, 0.6) is 5.75 Å². The molecule has 0 saturated heterocycles. The van der Waals surface area contributed by atoms with Crippen molar-refractivity contribution < 1.29 is 23.0 Å². The number of thiophene rings is 1. The first-order chi connectivity index (χ1) is 13.2. The maximum Gasteiger partial charge on any atom is 0.417 e. The molecule has 3 nitrogen and oxygen atoms in total. The Kier molecular flexibility index (Phi) is 4.55. The molecule has 1 aromatic carbocycles. The van der Waals surface area contributed by atoms with Gasteiger partial charge in [-0.2, -0.15) is 24.5 Å². The zero-order valence-corrected chi connectivity index (χ0v) is 16.2. The van der Waals surface area contributed by atoms with E-state index < -0.39 is 30.7 Å². The molecule has 1 aliphatic heterocycles. The third-order valence-electron chi connectivity index (χ3n) is 5.34. The number of halogens is 3. The van der Waals surface area contributed by atoms with Gasteiger partial charge in [-0.05, 0) is 65.6 Å². The zero-order valence-electron chi connectivity index (χ0n) is 15.4. The van der Waals surface area contributed by atoms with E-state index in [4.69, 9.17) is 4.74 Å². The molecule has 0 spiro atoms. The lowest BCUT2D eigenvalue weighted by molar-refractivity contribution is -0.269. The van der Waals surface area contributed by atoms with E-state index in [1.54, 1.807) is 30.4 Å². The van der Waals surface area contributed by atoms with Crippen molar-refractivity contribution in [1.29, 1.82) is 0 Å². The van der Waals surface area contributed by atoms with Crippen LogP contribution in [0.2, 0.25) is 0 Å². The lowest BCUT2D eigenvalue weighted by Crippen LogP contribution is -2.49. The quantitative estimate of drug-likeness (QED) is 0.568. The van der Waals surface area contributed by atoms with E-state index in [0.717, 1.165) is 22.4 Å². The minimum absolute atomic E-state index is 0.362. The Balaban J connectivity index is 1.59. The maximum atomic E-state index is 13.8. The fraction of sp³-hybridized carbons (Fsp3) is 0.333. The minimum atomic E-state index is -4.77. The number of aromatic nitrogens is 1. The van der Waals surface area contributed by atoms with Gasteiger partial charge < -0.3 is 14.8 Å². The Morgan fingerprint density at radius 3 is 2.54 bits per heavy atom. The second-order valence-electron chi connectivity index (χ2n) is 7.38. The molecule has 0 amide bonds. The van der Waals surface area contributed by atoms with Crippen molar-refractivity contribution in [1.82, 2.24) is 4.98 Å². The molecule has 28 heavy (non-hydrogen) atoms. The molecule has 3 heterocycles. The molecule has 0 bridgehead atoms. The summed E-state index contributed by atoms with van der Waals surface area (Å²) in [5, 5.41) is 14.5. The van der Waals surface area contributed by atoms with Gasteiger partial charge in [0.05, 0.1) is 0 Å². The fourth-order valence-electron chi connectivity index (χ4n) is 3.58. The van der Waals surface area contributed by atoms with E-state index in [9.17, 15) is 18.3 Å². The third-order valence-corrected chi connectivity index (χ3v) is 6.03. The number of benzene rings is 1. The van der Waals surface area contributed by atoms with E-state index in [0.29, 0.717) is 17.0 Å². The number of nitrogens with one attached hydrogen (secondary N) is 1. The third kappa shape index (κ3) is 3.33. The van der Waals surface area contributed by atoms with Crippen LogP contribution in [0.25, 0.3) is 11.1 Å². The number of aliphatic hydroxyl groups is 1. The van der Waals surface area contributed by atoms with Crippen LogP contribution in [0, 0.1) is 13.8 Å². The molecule has 4 rings (SSSR count). The first-order valence-corrected chi connectivity index (χ1v) is 9.88. The van der Waals surface area contributed by atoms with Crippen molar-refractivity contribution in [2.45, 2.75) is 44.6 Å². The summed E-state index contributed by atoms with van der Waals surface area (Å²) in [7, 11) is 0. The van der Waals surface area contributed by atoms with Crippen LogP contribution in [-0.2, 0) is 6.42 Å². The summed E-state index contributed by atoms with van der Waals surface area (Å²) in [6, 6.07) is 9.12. The van der Waals surface area contributed by atoms with Crippen molar-refractivity contribution in [3.05, 3.63) is 63.6 Å². The van der Waals surface area contributed by atoms with Crippen LogP contribution in [0.1, 0.15) is 35.0 Å². The predicted molar refractivity (Wildman–Crippen MR) is 103 cm³/mol. The van der Waals surface area contributed by atoms with Gasteiger partial charge >= 0.3 is 6.18 Å². The summed E-state index contributed by atoms with van der Waals surface area (Å²) in [6.45, 7) is 3.61. The van der Waals surface area contributed by atoms with Crippen LogP contribution in [-0.4, -0.2) is 21.9 Å². The molecule has 0 saturated carbocycles. The van der Waals surface area contributed by atoms with Gasteiger partial charge in [0.1, 0.15) is 11.9 Å². The number of ether oxygens (including phenoxy) is 1. The molecule has 0 aliphatic carbocycles. The summed E-state index contributed by atoms with van der Waals surface area (Å²) in [4.78, 5) is 2.93. The van der Waals surface area contributed by atoms with Gasteiger partial charge in [0.2, 0.25) is 0 Å². The Labute approximate surface area is 164 Å². The van der Waals surface area contributed by atoms with Crippen LogP contribution < -0.4 is 4.74 Å². The van der Waals surface area contributed by atoms with E-state index in [1.807, 2.05) is 35.9 Å². The highest BCUT2D eigenvalue weighted by molar-refractivity contribution is 7.08. The lowest BCUT2D eigenvalue weighted by Gasteiger charge is -2.38. The number of hydrogen-bond acceptors (Lipinski definition) is 3. The van der Waals surface area contributed by atoms with Crippen molar-refractivity contribution in [3.8, 4) is 16.9 Å². The Morgan fingerprint density at radius 2 is 1.93 bits per heavy atom. The topological polar surface area (TPSA) is 45.2 Å². The summed E-state index contributed by atoms with van der Waals surface area (Å²) in [5.41, 5.74) is 1.79. The zero-order chi connectivity index (χ0) is 20.1. The molecule has 2 atom stereocenters. The number of alkyl halides is 3. The summed E-state index contributed by atoms with van der Waals surface area (Å²) >= 11 is 1.56. The minimum Gasteiger partial charge on any atom is -0.485 e. The predicted octanol–water partition coefficient (Wildman–Crippen LogP) is 5.72. The average molecular weight is 407 g/mol. The number of aromatic amines is 1. The van der Waals surface area contributed by atoms with Crippen molar-refractivity contribution in [2.24, 2.45) is 0 Å². The van der Waals surface area contributed by atoms with Gasteiger partial charge in [0, 0.05) is 29.8 Å². The molecule has 3 aromatic rings. The Hall–Kier alpha value is -2.25. The average Bonchev–Trinajstić information content (AvgIpc) is 3.22. The fourth-order valence-corrected chi connectivity index (χ4v) is 4.24. The standard InChI is InChI=1S/C21H20F3NO2S/c1-12-7-16(25-13(12)2)9-20(26,21(22,23)24)10-19-17-8-14(3-4-18(17)27-19)15-5-6-28-11-15/h3-8,11,19,25-26H,9-10H2,1-2H3. The highest BCUT2D eigenvalue weighted by Gasteiger charge is 2.56. The molecule has 2 aromatic heterocycles. The van der Waals surface area contributed by atoms with Crippen LogP contribution in [0.3, 0.4) is 0 Å². The SMILES string of the molecule is Cc1cc(CC(O)(CC2Oc3ccc(-c4ccsc4)cc32)C(F)(F)F)[nH]c1C. The number of fused-ring (bicyclic) bond motifs is 1. The Morgan fingerprint density at radius 1 is 1.14 bits per heavy atom. The number of aryl methyl sites for hydroxylation is 2. The first-order valence-electron chi connectivity index (χ1n) is 8.94. The number of hydrogen-bond donors (Lipinski definition) is 2. The monoisotopic (exact) mass is 407 g/mol. The molecule has 0 radical (unpaired) electrons. The summed E-state index contributed by atoms with van der Waals surface area (Å²) in [5.74, 6) is 0.570. The smallest absolute Gasteiger partial charge is 0.417 e. The van der Waals surface area contributed by atoms with Crippen LogP contribution in [0.4, 0.5) is 13.2 Å². The van der Waals surface area contributed by atoms with Gasteiger partial charge in [0.15, 0.2) is 5.60 Å². The molecule has 0 fully saturated rings. The van der Waals surface area contributed by atoms with E-state index >= 15 is 0 Å². The van der Waals surface area contributed by atoms with Crippen molar-refractivity contribution in [3.63, 3.8) is 0 Å². The summed E-state index contributed by atoms with van der Waals surface area (Å²) < 4.78 is 46.9. The van der Waals surface area contributed by atoms with Gasteiger partial charge in [-0.1, -0.05) is 6.07 Å². The Bertz CT molecular complexity index is 974. The highest BCUT2D eigenvalue weighted by Crippen LogP contribution is 2.48. The molecular weight excluding hydrogens is 387 g/mol. The van der Waals surface area contributed by atoms with E-state index in [1.165, 1.54) is 0 Å². The lowest BCUT2D eigenvalue weighted by atomic mass is 9.85. The maximum absolute atomic E-state index is 13.8. The largest absolute Gasteiger partial charge is 0.485 e. The molecular formula is C21H20F3NO2S.